The Morgan fingerprint density at radius 1 is 0.840 bits per heavy atom. The van der Waals surface area contributed by atoms with Gasteiger partial charge in [-0.25, -0.2) is 0 Å². The highest BCUT2D eigenvalue weighted by Gasteiger charge is 2.07. The molecule has 0 saturated carbocycles. The van der Waals surface area contributed by atoms with Crippen LogP contribution in [-0.2, 0) is 4.74 Å². The first-order chi connectivity index (χ1) is 12.2. The number of benzene rings is 2. The largest absolute Gasteiger partial charge is 0.383 e. The Kier molecular flexibility index (Phi) is 7.62. The Balaban J connectivity index is 1.79. The number of rotatable bonds is 9. The third kappa shape index (κ3) is 6.37. The van der Waals surface area contributed by atoms with E-state index in [1.54, 1.807) is 43.5 Å². The number of methoxy groups -OCH3 is 1. The molecule has 2 rings (SSSR count). The van der Waals surface area contributed by atoms with Crippen LogP contribution in [0, 0.1) is 0 Å². The molecule has 6 nitrogen and oxygen atoms in total. The maximum atomic E-state index is 12.1. The van der Waals surface area contributed by atoms with Crippen LogP contribution >= 0.6 is 0 Å². The van der Waals surface area contributed by atoms with Gasteiger partial charge >= 0.3 is 0 Å². The van der Waals surface area contributed by atoms with Crippen LogP contribution in [0.3, 0.4) is 0 Å². The first kappa shape index (κ1) is 18.6. The first-order valence-corrected chi connectivity index (χ1v) is 8.15. The van der Waals surface area contributed by atoms with Gasteiger partial charge in [0.15, 0.2) is 0 Å². The van der Waals surface area contributed by atoms with Crippen LogP contribution in [0.15, 0.2) is 54.6 Å². The normalized spacial score (nSPS) is 10.3. The third-order valence-electron chi connectivity index (χ3n) is 3.51. The average molecular weight is 341 g/mol. The summed E-state index contributed by atoms with van der Waals surface area (Å²) in [6, 6.07) is 15.8. The first-order valence-electron chi connectivity index (χ1n) is 8.15. The third-order valence-corrected chi connectivity index (χ3v) is 3.51. The summed E-state index contributed by atoms with van der Waals surface area (Å²) in [6.45, 7) is 2.61. The zero-order chi connectivity index (χ0) is 17.9. The van der Waals surface area contributed by atoms with E-state index >= 15 is 0 Å². The number of nitrogens with one attached hydrogen (secondary N) is 3. The van der Waals surface area contributed by atoms with E-state index in [4.69, 9.17) is 4.74 Å². The van der Waals surface area contributed by atoms with Crippen LogP contribution in [0.5, 0.6) is 0 Å². The van der Waals surface area contributed by atoms with Crippen molar-refractivity contribution in [1.82, 2.24) is 10.6 Å². The van der Waals surface area contributed by atoms with Gasteiger partial charge in [-0.1, -0.05) is 18.2 Å². The minimum Gasteiger partial charge on any atom is -0.383 e. The van der Waals surface area contributed by atoms with Gasteiger partial charge in [-0.15, -0.1) is 0 Å². The minimum absolute atomic E-state index is 0.144. The molecule has 0 aliphatic carbocycles. The van der Waals surface area contributed by atoms with Crippen LogP contribution in [0.2, 0.25) is 0 Å². The van der Waals surface area contributed by atoms with Gasteiger partial charge in [0.25, 0.3) is 11.8 Å². The van der Waals surface area contributed by atoms with Gasteiger partial charge in [-0.2, -0.15) is 0 Å². The number of hydrogen-bond donors (Lipinski definition) is 3. The molecule has 6 heteroatoms. The maximum absolute atomic E-state index is 12.1. The number of amides is 2. The van der Waals surface area contributed by atoms with Crippen LogP contribution < -0.4 is 16.0 Å². The molecule has 25 heavy (non-hydrogen) atoms. The zero-order valence-electron chi connectivity index (χ0n) is 14.2. The number of ether oxygens (including phenoxy) is 1. The Morgan fingerprint density at radius 2 is 1.52 bits per heavy atom. The van der Waals surface area contributed by atoms with E-state index < -0.39 is 0 Å². The molecular formula is C19H23N3O3. The predicted molar refractivity (Wildman–Crippen MR) is 97.9 cm³/mol. The highest BCUT2D eigenvalue weighted by atomic mass is 16.5. The van der Waals surface area contributed by atoms with E-state index in [1.807, 2.05) is 18.2 Å². The summed E-state index contributed by atoms with van der Waals surface area (Å²) < 4.78 is 4.93. The summed E-state index contributed by atoms with van der Waals surface area (Å²) in [7, 11) is 1.65. The molecule has 3 N–H and O–H groups in total. The standard InChI is InChI=1S/C19H23N3O3/c1-25-14-13-20-11-12-21-18(23)16-7-9-17(10-8-16)22-19(24)15-5-3-2-4-6-15/h2-10,20H,11-14H2,1H3,(H,21,23)(H,22,24). The molecule has 0 fully saturated rings. The summed E-state index contributed by atoms with van der Waals surface area (Å²) in [5.74, 6) is -0.325. The van der Waals surface area contributed by atoms with Crippen molar-refractivity contribution in [3.63, 3.8) is 0 Å². The summed E-state index contributed by atoms with van der Waals surface area (Å²) in [6.07, 6.45) is 0. The van der Waals surface area contributed by atoms with Crippen LogP contribution in [-0.4, -0.2) is 45.2 Å². The lowest BCUT2D eigenvalue weighted by molar-refractivity contribution is 0.0953. The Labute approximate surface area is 147 Å². The summed E-state index contributed by atoms with van der Waals surface area (Å²) in [4.78, 5) is 24.1. The Bertz CT molecular complexity index is 672. The van der Waals surface area contributed by atoms with E-state index in [9.17, 15) is 9.59 Å². The monoisotopic (exact) mass is 341 g/mol. The average Bonchev–Trinajstić information content (AvgIpc) is 2.65. The van der Waals surface area contributed by atoms with E-state index in [-0.39, 0.29) is 11.8 Å². The fourth-order valence-electron chi connectivity index (χ4n) is 2.16. The fraction of sp³-hybridized carbons (Fsp3) is 0.263. The highest BCUT2D eigenvalue weighted by Crippen LogP contribution is 2.11. The molecule has 0 unspecified atom stereocenters. The van der Waals surface area contributed by atoms with Crippen molar-refractivity contribution in [3.8, 4) is 0 Å². The molecule has 2 aromatic rings. The molecule has 0 bridgehead atoms. The second kappa shape index (κ2) is 10.2. The van der Waals surface area contributed by atoms with Crippen molar-refractivity contribution in [2.45, 2.75) is 0 Å². The second-order valence-electron chi connectivity index (χ2n) is 5.40. The van der Waals surface area contributed by atoms with Gasteiger partial charge in [0.05, 0.1) is 6.61 Å². The van der Waals surface area contributed by atoms with Crippen molar-refractivity contribution in [2.75, 3.05) is 38.7 Å². The van der Waals surface area contributed by atoms with E-state index in [0.717, 1.165) is 6.54 Å². The summed E-state index contributed by atoms with van der Waals surface area (Å²) in [5, 5.41) is 8.79. The Hall–Kier alpha value is -2.70. The van der Waals surface area contributed by atoms with Gasteiger partial charge in [-0.05, 0) is 36.4 Å². The second-order valence-corrected chi connectivity index (χ2v) is 5.40. The van der Waals surface area contributed by atoms with Gasteiger partial charge in [0.2, 0.25) is 0 Å². The number of hydrogen-bond acceptors (Lipinski definition) is 4. The van der Waals surface area contributed by atoms with Gasteiger partial charge in [0.1, 0.15) is 0 Å². The van der Waals surface area contributed by atoms with E-state index in [0.29, 0.717) is 36.5 Å². The highest BCUT2D eigenvalue weighted by molar-refractivity contribution is 6.04. The van der Waals surface area contributed by atoms with E-state index in [2.05, 4.69) is 16.0 Å². The molecule has 0 aromatic heterocycles. The minimum atomic E-state index is -0.181. The smallest absolute Gasteiger partial charge is 0.255 e. The Morgan fingerprint density at radius 3 is 2.20 bits per heavy atom. The lowest BCUT2D eigenvalue weighted by Crippen LogP contribution is -2.33. The van der Waals surface area contributed by atoms with Gasteiger partial charge in [0, 0.05) is 43.6 Å². The molecule has 0 aliphatic heterocycles. The van der Waals surface area contributed by atoms with Crippen molar-refractivity contribution < 1.29 is 14.3 Å². The molecule has 0 atom stereocenters. The molecule has 0 heterocycles. The van der Waals surface area contributed by atoms with Gasteiger partial charge < -0.3 is 20.7 Å². The molecule has 0 radical (unpaired) electrons. The predicted octanol–water partition coefficient (Wildman–Crippen LogP) is 1.90. The van der Waals surface area contributed by atoms with Crippen LogP contribution in [0.4, 0.5) is 5.69 Å². The number of carbonyl (C=O) groups is 2. The van der Waals surface area contributed by atoms with Crippen LogP contribution in [0.1, 0.15) is 20.7 Å². The van der Waals surface area contributed by atoms with Crippen molar-refractivity contribution in [3.05, 3.63) is 65.7 Å². The molecular weight excluding hydrogens is 318 g/mol. The lowest BCUT2D eigenvalue weighted by Gasteiger charge is -2.08. The summed E-state index contributed by atoms with van der Waals surface area (Å²) >= 11 is 0. The zero-order valence-corrected chi connectivity index (χ0v) is 14.2. The molecule has 0 saturated heterocycles. The number of anilines is 1. The molecule has 0 spiro atoms. The topological polar surface area (TPSA) is 79.5 Å². The maximum Gasteiger partial charge on any atom is 0.255 e. The molecule has 2 aromatic carbocycles. The lowest BCUT2D eigenvalue weighted by atomic mass is 10.1. The quantitative estimate of drug-likeness (QED) is 0.609. The van der Waals surface area contributed by atoms with Crippen LogP contribution in [0.25, 0.3) is 0 Å². The van der Waals surface area contributed by atoms with Crippen molar-refractivity contribution >= 4 is 17.5 Å². The summed E-state index contributed by atoms with van der Waals surface area (Å²) in [5.41, 5.74) is 1.78. The molecule has 132 valence electrons. The van der Waals surface area contributed by atoms with E-state index in [1.165, 1.54) is 0 Å². The van der Waals surface area contributed by atoms with Crippen molar-refractivity contribution in [1.29, 1.82) is 0 Å². The van der Waals surface area contributed by atoms with Gasteiger partial charge in [-0.3, -0.25) is 9.59 Å². The molecule has 0 aliphatic rings. The SMILES string of the molecule is COCCNCCNC(=O)c1ccc(NC(=O)c2ccccc2)cc1. The van der Waals surface area contributed by atoms with Crippen molar-refractivity contribution in [2.24, 2.45) is 0 Å². The molecule has 2 amide bonds. The fourth-order valence-corrected chi connectivity index (χ4v) is 2.16. The number of carbonyl (C=O) groups excluding carboxylic acids is 2.